The van der Waals surface area contributed by atoms with Crippen molar-refractivity contribution in [2.45, 2.75) is 12.8 Å². The van der Waals surface area contributed by atoms with Crippen LogP contribution >= 0.6 is 0 Å². The molecule has 0 amide bonds. The van der Waals surface area contributed by atoms with Crippen molar-refractivity contribution >= 4 is 5.82 Å². The Morgan fingerprint density at radius 3 is 2.63 bits per heavy atom. The van der Waals surface area contributed by atoms with Gasteiger partial charge in [-0.1, -0.05) is 30.3 Å². The summed E-state index contributed by atoms with van der Waals surface area (Å²) < 4.78 is 0. The van der Waals surface area contributed by atoms with E-state index in [1.165, 1.54) is 5.56 Å². The molecule has 19 heavy (non-hydrogen) atoms. The largest absolute Gasteiger partial charge is 0.370 e. The molecular weight excluding hydrogens is 236 g/mol. The van der Waals surface area contributed by atoms with Gasteiger partial charge in [0.15, 0.2) is 0 Å². The first-order valence-corrected chi connectivity index (χ1v) is 6.63. The van der Waals surface area contributed by atoms with E-state index in [0.717, 1.165) is 37.6 Å². The molecule has 0 spiro atoms. The Balaban J connectivity index is 1.82. The minimum atomic E-state index is 0.852. The van der Waals surface area contributed by atoms with Crippen LogP contribution in [-0.2, 0) is 12.8 Å². The molecule has 0 aliphatic heterocycles. The normalized spacial score (nSPS) is 10.4. The molecule has 4 heteroatoms. The van der Waals surface area contributed by atoms with Crippen molar-refractivity contribution in [2.24, 2.45) is 0 Å². The van der Waals surface area contributed by atoms with Crippen LogP contribution in [0, 0.1) is 0 Å². The third-order valence-corrected chi connectivity index (χ3v) is 2.87. The molecule has 2 aromatic rings. The van der Waals surface area contributed by atoms with Crippen molar-refractivity contribution in [3.8, 4) is 0 Å². The lowest BCUT2D eigenvalue weighted by atomic mass is 10.1. The molecule has 0 atom stereocenters. The van der Waals surface area contributed by atoms with E-state index >= 15 is 0 Å². The second-order valence-corrected chi connectivity index (χ2v) is 4.37. The SMILES string of the molecule is CNCCc1nccc(NCCc2ccccc2)n1. The fraction of sp³-hybridized carbons (Fsp3) is 0.333. The van der Waals surface area contributed by atoms with Gasteiger partial charge in [-0.05, 0) is 25.1 Å². The van der Waals surface area contributed by atoms with Crippen LogP contribution in [-0.4, -0.2) is 30.1 Å². The van der Waals surface area contributed by atoms with Crippen molar-refractivity contribution < 1.29 is 0 Å². The lowest BCUT2D eigenvalue weighted by molar-refractivity contribution is 0.755. The first-order chi connectivity index (χ1) is 9.38. The number of rotatable bonds is 7. The van der Waals surface area contributed by atoms with Gasteiger partial charge in [0.1, 0.15) is 11.6 Å². The van der Waals surface area contributed by atoms with Gasteiger partial charge in [0.25, 0.3) is 0 Å². The molecule has 1 aromatic heterocycles. The number of benzene rings is 1. The molecule has 2 N–H and O–H groups in total. The van der Waals surface area contributed by atoms with Crippen LogP contribution in [0.15, 0.2) is 42.6 Å². The van der Waals surface area contributed by atoms with Crippen molar-refractivity contribution in [2.75, 3.05) is 25.5 Å². The van der Waals surface area contributed by atoms with Gasteiger partial charge in [0, 0.05) is 25.7 Å². The molecule has 100 valence electrons. The molecule has 0 unspecified atom stereocenters. The smallest absolute Gasteiger partial charge is 0.131 e. The van der Waals surface area contributed by atoms with E-state index in [4.69, 9.17) is 0 Å². The lowest BCUT2D eigenvalue weighted by Crippen LogP contribution is -2.13. The van der Waals surface area contributed by atoms with Crippen LogP contribution in [0.25, 0.3) is 0 Å². The maximum absolute atomic E-state index is 4.48. The van der Waals surface area contributed by atoms with Crippen molar-refractivity contribution in [1.29, 1.82) is 0 Å². The predicted molar refractivity (Wildman–Crippen MR) is 78.3 cm³/mol. The highest BCUT2D eigenvalue weighted by molar-refractivity contribution is 5.33. The summed E-state index contributed by atoms with van der Waals surface area (Å²) in [4.78, 5) is 8.73. The highest BCUT2D eigenvalue weighted by Crippen LogP contribution is 2.04. The number of nitrogens with one attached hydrogen (secondary N) is 2. The van der Waals surface area contributed by atoms with Crippen LogP contribution in [0.3, 0.4) is 0 Å². The van der Waals surface area contributed by atoms with Crippen molar-refractivity contribution in [3.63, 3.8) is 0 Å². The van der Waals surface area contributed by atoms with Gasteiger partial charge in [-0.3, -0.25) is 0 Å². The first-order valence-electron chi connectivity index (χ1n) is 6.63. The average molecular weight is 256 g/mol. The molecule has 1 heterocycles. The minimum Gasteiger partial charge on any atom is -0.370 e. The van der Waals surface area contributed by atoms with E-state index in [1.54, 1.807) is 0 Å². The molecular formula is C15H20N4. The Morgan fingerprint density at radius 2 is 1.84 bits per heavy atom. The second kappa shape index (κ2) is 7.48. The zero-order valence-electron chi connectivity index (χ0n) is 11.3. The third-order valence-electron chi connectivity index (χ3n) is 2.87. The van der Waals surface area contributed by atoms with Crippen LogP contribution in [0.4, 0.5) is 5.82 Å². The number of likely N-dealkylation sites (N-methyl/N-ethyl adjacent to an activating group) is 1. The average Bonchev–Trinajstić information content (AvgIpc) is 2.47. The molecule has 2 rings (SSSR count). The van der Waals surface area contributed by atoms with Gasteiger partial charge in [0.2, 0.25) is 0 Å². The zero-order valence-corrected chi connectivity index (χ0v) is 11.3. The van der Waals surface area contributed by atoms with E-state index in [2.05, 4.69) is 44.9 Å². The van der Waals surface area contributed by atoms with Crippen LogP contribution in [0.5, 0.6) is 0 Å². The molecule has 0 aliphatic carbocycles. The molecule has 0 fully saturated rings. The zero-order chi connectivity index (χ0) is 13.3. The molecule has 4 nitrogen and oxygen atoms in total. The summed E-state index contributed by atoms with van der Waals surface area (Å²) >= 11 is 0. The summed E-state index contributed by atoms with van der Waals surface area (Å²) in [6.07, 6.45) is 3.66. The summed E-state index contributed by atoms with van der Waals surface area (Å²) in [6.45, 7) is 1.78. The predicted octanol–water partition coefficient (Wildman–Crippen LogP) is 1.89. The second-order valence-electron chi connectivity index (χ2n) is 4.37. The fourth-order valence-corrected chi connectivity index (χ4v) is 1.83. The van der Waals surface area contributed by atoms with Gasteiger partial charge < -0.3 is 10.6 Å². The number of nitrogens with zero attached hydrogens (tertiary/aromatic N) is 2. The molecule has 0 aliphatic rings. The fourth-order valence-electron chi connectivity index (χ4n) is 1.83. The van der Waals surface area contributed by atoms with Gasteiger partial charge in [-0.2, -0.15) is 0 Å². The van der Waals surface area contributed by atoms with Gasteiger partial charge in [-0.25, -0.2) is 9.97 Å². The molecule has 0 bridgehead atoms. The summed E-state index contributed by atoms with van der Waals surface area (Å²) in [6, 6.07) is 12.4. The number of hydrogen-bond acceptors (Lipinski definition) is 4. The Kier molecular flexibility index (Phi) is 5.31. The topological polar surface area (TPSA) is 49.8 Å². The Labute approximate surface area is 114 Å². The minimum absolute atomic E-state index is 0.852. The standard InChI is InChI=1S/C15H20N4/c1-16-10-8-14-18-12-9-15(19-14)17-11-7-13-5-3-2-4-6-13/h2-6,9,12,16H,7-8,10-11H2,1H3,(H,17,18,19). The van der Waals surface area contributed by atoms with Gasteiger partial charge >= 0.3 is 0 Å². The van der Waals surface area contributed by atoms with E-state index in [1.807, 2.05) is 25.4 Å². The van der Waals surface area contributed by atoms with E-state index < -0.39 is 0 Å². The number of hydrogen-bond donors (Lipinski definition) is 2. The number of aromatic nitrogens is 2. The van der Waals surface area contributed by atoms with E-state index in [-0.39, 0.29) is 0 Å². The monoisotopic (exact) mass is 256 g/mol. The Hall–Kier alpha value is -1.94. The summed E-state index contributed by atoms with van der Waals surface area (Å²) in [5.41, 5.74) is 1.33. The molecule has 0 saturated carbocycles. The maximum atomic E-state index is 4.48. The van der Waals surface area contributed by atoms with Crippen LogP contribution < -0.4 is 10.6 Å². The highest BCUT2D eigenvalue weighted by Gasteiger charge is 1.99. The summed E-state index contributed by atoms with van der Waals surface area (Å²) in [5, 5.41) is 6.44. The number of anilines is 1. The van der Waals surface area contributed by atoms with Crippen LogP contribution in [0.2, 0.25) is 0 Å². The molecule has 1 aromatic carbocycles. The van der Waals surface area contributed by atoms with Crippen LogP contribution in [0.1, 0.15) is 11.4 Å². The lowest BCUT2D eigenvalue weighted by Gasteiger charge is -2.07. The molecule has 0 radical (unpaired) electrons. The van der Waals surface area contributed by atoms with Gasteiger partial charge in [-0.15, -0.1) is 0 Å². The first kappa shape index (κ1) is 13.5. The Bertz CT molecular complexity index is 485. The quantitative estimate of drug-likeness (QED) is 0.794. The highest BCUT2D eigenvalue weighted by atomic mass is 15.0. The van der Waals surface area contributed by atoms with Crippen molar-refractivity contribution in [1.82, 2.24) is 15.3 Å². The summed E-state index contributed by atoms with van der Waals surface area (Å²) in [7, 11) is 1.93. The summed E-state index contributed by atoms with van der Waals surface area (Å²) in [5.74, 6) is 1.77. The Morgan fingerprint density at radius 1 is 1.00 bits per heavy atom. The van der Waals surface area contributed by atoms with Crippen molar-refractivity contribution in [3.05, 3.63) is 54.0 Å². The van der Waals surface area contributed by atoms with E-state index in [9.17, 15) is 0 Å². The molecule has 0 saturated heterocycles. The maximum Gasteiger partial charge on any atom is 0.131 e. The van der Waals surface area contributed by atoms with E-state index in [0.29, 0.717) is 0 Å². The third kappa shape index (κ3) is 4.67. The van der Waals surface area contributed by atoms with Gasteiger partial charge in [0.05, 0.1) is 0 Å².